The van der Waals surface area contributed by atoms with Crippen molar-refractivity contribution in [3.05, 3.63) is 59.7 Å². The Bertz CT molecular complexity index is 1080. The maximum atomic E-state index is 12.8. The highest BCUT2D eigenvalue weighted by atomic mass is 16.5. The first-order valence-corrected chi connectivity index (χ1v) is 11.0. The number of hydrogen-bond acceptors (Lipinski definition) is 4. The number of carboxylic acid groups (broad SMARTS) is 1. The van der Waals surface area contributed by atoms with E-state index >= 15 is 0 Å². The number of rotatable bonds is 7. The molecule has 0 saturated carbocycles. The molecule has 1 saturated heterocycles. The van der Waals surface area contributed by atoms with Gasteiger partial charge in [0.25, 0.3) is 0 Å². The third-order valence-corrected chi connectivity index (χ3v) is 6.69. The molecular formula is C26H26N2O5. The van der Waals surface area contributed by atoms with Crippen LogP contribution >= 0.6 is 0 Å². The summed E-state index contributed by atoms with van der Waals surface area (Å²) in [6.45, 7) is 2.11. The van der Waals surface area contributed by atoms with Crippen molar-refractivity contribution in [1.82, 2.24) is 10.2 Å². The molecule has 1 aliphatic carbocycles. The van der Waals surface area contributed by atoms with Gasteiger partial charge in [-0.15, -0.1) is 12.3 Å². The molecule has 0 spiro atoms. The number of carbonyl (C=O) groups excluding carboxylic acids is 2. The Hall–Kier alpha value is -3.79. The summed E-state index contributed by atoms with van der Waals surface area (Å²) in [4.78, 5) is 38.3. The van der Waals surface area contributed by atoms with Gasteiger partial charge < -0.3 is 20.1 Å². The highest BCUT2D eigenvalue weighted by Gasteiger charge is 2.51. The quantitative estimate of drug-likeness (QED) is 0.637. The van der Waals surface area contributed by atoms with Gasteiger partial charge in [0.15, 0.2) is 0 Å². The number of likely N-dealkylation sites (tertiary alicyclic amines) is 1. The van der Waals surface area contributed by atoms with Gasteiger partial charge in [-0.2, -0.15) is 0 Å². The van der Waals surface area contributed by atoms with Crippen LogP contribution in [0.15, 0.2) is 48.5 Å². The molecule has 2 amide bonds. The Kier molecular flexibility index (Phi) is 6.10. The molecule has 170 valence electrons. The zero-order valence-corrected chi connectivity index (χ0v) is 18.4. The van der Waals surface area contributed by atoms with Crippen LogP contribution in [-0.2, 0) is 14.3 Å². The molecule has 2 aromatic rings. The van der Waals surface area contributed by atoms with E-state index in [1.807, 2.05) is 36.4 Å². The van der Waals surface area contributed by atoms with Crippen molar-refractivity contribution in [3.8, 4) is 23.5 Å². The van der Waals surface area contributed by atoms with Gasteiger partial charge in [0.1, 0.15) is 18.1 Å². The fourth-order valence-corrected chi connectivity index (χ4v) is 4.67. The van der Waals surface area contributed by atoms with Crippen LogP contribution in [0.5, 0.6) is 0 Å². The van der Waals surface area contributed by atoms with Gasteiger partial charge >= 0.3 is 12.1 Å². The standard InChI is InChI=1S/C26H26N2O5/c1-3-9-22(23(29)28-15-26(4-2,16-28)24(30)31)27-25(32)33-14-21-19-12-7-5-10-17(19)18-11-6-8-13-20(18)21/h1,5-8,10-13,21-22H,4,9,14-16H2,2H3,(H,27,32)(H,30,31). The van der Waals surface area contributed by atoms with E-state index < -0.39 is 29.4 Å². The predicted octanol–water partition coefficient (Wildman–Crippen LogP) is 3.24. The van der Waals surface area contributed by atoms with Gasteiger partial charge in [-0.25, -0.2) is 4.79 Å². The van der Waals surface area contributed by atoms with Crippen molar-refractivity contribution in [3.63, 3.8) is 0 Å². The number of aliphatic carboxylic acids is 1. The number of hydrogen-bond donors (Lipinski definition) is 2. The summed E-state index contributed by atoms with van der Waals surface area (Å²) >= 11 is 0. The smallest absolute Gasteiger partial charge is 0.407 e. The molecule has 4 rings (SSSR count). The fourth-order valence-electron chi connectivity index (χ4n) is 4.67. The lowest BCUT2D eigenvalue weighted by molar-refractivity contribution is -0.167. The lowest BCUT2D eigenvalue weighted by atomic mass is 9.77. The van der Waals surface area contributed by atoms with Crippen LogP contribution in [0.3, 0.4) is 0 Å². The third kappa shape index (κ3) is 4.05. The minimum atomic E-state index is -0.964. The lowest BCUT2D eigenvalue weighted by Gasteiger charge is -2.47. The number of carbonyl (C=O) groups is 3. The Labute approximate surface area is 192 Å². The van der Waals surface area contributed by atoms with Gasteiger partial charge in [0, 0.05) is 25.4 Å². The second-order valence-electron chi connectivity index (χ2n) is 8.56. The summed E-state index contributed by atoms with van der Waals surface area (Å²) < 4.78 is 5.51. The zero-order valence-electron chi connectivity index (χ0n) is 18.4. The average molecular weight is 447 g/mol. The molecule has 1 aliphatic heterocycles. The molecule has 7 nitrogen and oxygen atoms in total. The first kappa shape index (κ1) is 22.4. The van der Waals surface area contributed by atoms with Crippen LogP contribution in [0.1, 0.15) is 36.8 Å². The molecule has 2 N–H and O–H groups in total. The number of alkyl carbamates (subject to hydrolysis) is 1. The van der Waals surface area contributed by atoms with Crippen LogP contribution in [0.4, 0.5) is 4.79 Å². The summed E-state index contributed by atoms with van der Waals surface area (Å²) in [5.74, 6) is 0.987. The summed E-state index contributed by atoms with van der Waals surface area (Å²) in [6, 6.07) is 15.1. The summed E-state index contributed by atoms with van der Waals surface area (Å²) in [5.41, 5.74) is 3.50. The molecule has 0 radical (unpaired) electrons. The minimum Gasteiger partial charge on any atom is -0.481 e. The average Bonchev–Trinajstić information content (AvgIpc) is 3.10. The van der Waals surface area contributed by atoms with Crippen LogP contribution in [0.25, 0.3) is 11.1 Å². The predicted molar refractivity (Wildman–Crippen MR) is 122 cm³/mol. The number of nitrogens with one attached hydrogen (secondary N) is 1. The molecule has 2 aliphatic rings. The van der Waals surface area contributed by atoms with E-state index in [0.717, 1.165) is 22.3 Å². The zero-order chi connectivity index (χ0) is 23.6. The summed E-state index contributed by atoms with van der Waals surface area (Å²) in [6.07, 6.45) is 5.09. The Morgan fingerprint density at radius 2 is 1.73 bits per heavy atom. The number of carboxylic acids is 1. The van der Waals surface area contributed by atoms with E-state index in [2.05, 4.69) is 23.4 Å². The van der Waals surface area contributed by atoms with Crippen molar-refractivity contribution in [2.45, 2.75) is 31.7 Å². The molecule has 7 heteroatoms. The van der Waals surface area contributed by atoms with E-state index in [1.54, 1.807) is 6.92 Å². The normalized spacial score (nSPS) is 16.5. The van der Waals surface area contributed by atoms with Crippen molar-refractivity contribution in [2.75, 3.05) is 19.7 Å². The SMILES string of the molecule is C#CCC(NC(=O)OCC1c2ccccc2-c2ccccc21)C(=O)N1CC(CC)(C(=O)O)C1. The Balaban J connectivity index is 1.39. The number of terminal acetylenes is 1. The molecule has 0 aromatic heterocycles. The van der Waals surface area contributed by atoms with Gasteiger partial charge in [0.05, 0.1) is 0 Å². The fraction of sp³-hybridized carbons (Fsp3) is 0.346. The lowest BCUT2D eigenvalue weighted by Crippen LogP contribution is -2.65. The second kappa shape index (κ2) is 8.99. The topological polar surface area (TPSA) is 95.9 Å². The third-order valence-electron chi connectivity index (χ3n) is 6.69. The van der Waals surface area contributed by atoms with Gasteiger partial charge in [-0.05, 0) is 28.7 Å². The van der Waals surface area contributed by atoms with Gasteiger partial charge in [0.2, 0.25) is 5.91 Å². The monoisotopic (exact) mass is 446 g/mol. The Morgan fingerprint density at radius 3 is 2.24 bits per heavy atom. The number of ether oxygens (including phenoxy) is 1. The minimum absolute atomic E-state index is 0.00821. The van der Waals surface area contributed by atoms with Crippen molar-refractivity contribution < 1.29 is 24.2 Å². The molecule has 0 bridgehead atoms. The maximum absolute atomic E-state index is 12.8. The van der Waals surface area contributed by atoms with Crippen LogP contribution < -0.4 is 5.32 Å². The first-order valence-electron chi connectivity index (χ1n) is 11.0. The highest BCUT2D eigenvalue weighted by Crippen LogP contribution is 2.44. The number of nitrogens with zero attached hydrogens (tertiary/aromatic N) is 1. The Morgan fingerprint density at radius 1 is 1.15 bits per heavy atom. The van der Waals surface area contributed by atoms with E-state index in [4.69, 9.17) is 11.2 Å². The van der Waals surface area contributed by atoms with E-state index in [1.165, 1.54) is 4.90 Å². The molecule has 1 atom stereocenters. The van der Waals surface area contributed by atoms with Crippen molar-refractivity contribution >= 4 is 18.0 Å². The molecule has 33 heavy (non-hydrogen) atoms. The molecular weight excluding hydrogens is 420 g/mol. The summed E-state index contributed by atoms with van der Waals surface area (Å²) in [7, 11) is 0. The first-order chi connectivity index (χ1) is 15.9. The highest BCUT2D eigenvalue weighted by molar-refractivity contribution is 5.89. The maximum Gasteiger partial charge on any atom is 0.407 e. The molecule has 1 unspecified atom stereocenters. The number of benzene rings is 2. The van der Waals surface area contributed by atoms with Gasteiger partial charge in [-0.1, -0.05) is 55.5 Å². The van der Waals surface area contributed by atoms with E-state index in [9.17, 15) is 19.5 Å². The van der Waals surface area contributed by atoms with Crippen molar-refractivity contribution in [1.29, 1.82) is 0 Å². The summed E-state index contributed by atoms with van der Waals surface area (Å²) in [5, 5.41) is 12.0. The van der Waals surface area contributed by atoms with Gasteiger partial charge in [-0.3, -0.25) is 9.59 Å². The second-order valence-corrected chi connectivity index (χ2v) is 8.56. The number of amides is 2. The van der Waals surface area contributed by atoms with E-state index in [0.29, 0.717) is 6.42 Å². The van der Waals surface area contributed by atoms with Crippen LogP contribution in [-0.4, -0.2) is 53.7 Å². The molecule has 2 aromatic carbocycles. The van der Waals surface area contributed by atoms with Crippen molar-refractivity contribution in [2.24, 2.45) is 5.41 Å². The molecule has 1 fully saturated rings. The largest absolute Gasteiger partial charge is 0.481 e. The number of fused-ring (bicyclic) bond motifs is 3. The van der Waals surface area contributed by atoms with E-state index in [-0.39, 0.29) is 32.0 Å². The molecule has 1 heterocycles. The van der Waals surface area contributed by atoms with Crippen LogP contribution in [0.2, 0.25) is 0 Å². The van der Waals surface area contributed by atoms with Crippen LogP contribution in [0, 0.1) is 17.8 Å².